The fraction of sp³-hybridized carbons (Fsp3) is 0.467. The molecule has 1 fully saturated rings. The Hall–Kier alpha value is -2.08. The third-order valence-electron chi connectivity index (χ3n) is 3.39. The largest absolute Gasteiger partial charge is 0.481 e. The zero-order chi connectivity index (χ0) is 15.2. The normalized spacial score (nSPS) is 18.3. The van der Waals surface area contributed by atoms with Crippen LogP contribution in [0.25, 0.3) is 0 Å². The monoisotopic (exact) mass is 292 g/mol. The molecule has 114 valence electrons. The summed E-state index contributed by atoms with van der Waals surface area (Å²) in [5, 5.41) is 11.6. The molecule has 6 nitrogen and oxygen atoms in total. The first-order chi connectivity index (χ1) is 10.0. The van der Waals surface area contributed by atoms with E-state index in [0.29, 0.717) is 26.2 Å². The number of nitrogens with one attached hydrogen (secondary N) is 1. The summed E-state index contributed by atoms with van der Waals surface area (Å²) >= 11 is 0. The van der Waals surface area contributed by atoms with Crippen LogP contribution in [0.2, 0.25) is 0 Å². The van der Waals surface area contributed by atoms with Crippen molar-refractivity contribution in [2.45, 2.75) is 26.0 Å². The van der Waals surface area contributed by atoms with Gasteiger partial charge in [-0.05, 0) is 12.5 Å². The van der Waals surface area contributed by atoms with Gasteiger partial charge in [0.25, 0.3) is 0 Å². The Morgan fingerprint density at radius 3 is 2.76 bits per heavy atom. The lowest BCUT2D eigenvalue weighted by atomic mass is 10.1. The predicted molar refractivity (Wildman–Crippen MR) is 77.0 cm³/mol. The Labute approximate surface area is 123 Å². The first-order valence-corrected chi connectivity index (χ1v) is 6.96. The van der Waals surface area contributed by atoms with Crippen LogP contribution < -0.4 is 5.32 Å². The molecule has 1 aromatic rings. The Morgan fingerprint density at radius 1 is 1.38 bits per heavy atom. The summed E-state index contributed by atoms with van der Waals surface area (Å²) in [5.74, 6) is -0.915. The van der Waals surface area contributed by atoms with Crippen LogP contribution >= 0.6 is 0 Å². The molecule has 0 saturated carbocycles. The van der Waals surface area contributed by atoms with Crippen molar-refractivity contribution in [2.75, 3.05) is 19.7 Å². The molecule has 1 atom stereocenters. The number of aryl methyl sites for hydroxylation is 1. The number of benzene rings is 1. The molecule has 6 heteroatoms. The van der Waals surface area contributed by atoms with E-state index in [1.807, 2.05) is 31.2 Å². The highest BCUT2D eigenvalue weighted by Gasteiger charge is 2.25. The summed E-state index contributed by atoms with van der Waals surface area (Å²) in [6.45, 7) is 3.64. The first-order valence-electron chi connectivity index (χ1n) is 6.96. The first kappa shape index (κ1) is 15.3. The van der Waals surface area contributed by atoms with Gasteiger partial charge in [-0.15, -0.1) is 0 Å². The van der Waals surface area contributed by atoms with Gasteiger partial charge in [0.1, 0.15) is 0 Å². The number of ether oxygens (including phenoxy) is 1. The lowest BCUT2D eigenvalue weighted by Crippen LogP contribution is -2.49. The van der Waals surface area contributed by atoms with Crippen molar-refractivity contribution in [3.05, 3.63) is 35.4 Å². The standard InChI is InChI=1S/C15H20N2O4/c1-11-2-4-12(5-3-11)9-16-15(20)17-6-7-21-13(10-17)8-14(18)19/h2-5,13H,6-10H2,1H3,(H,16,20)(H,18,19). The quantitative estimate of drug-likeness (QED) is 0.878. The van der Waals surface area contributed by atoms with Crippen molar-refractivity contribution >= 4 is 12.0 Å². The predicted octanol–water partition coefficient (Wildman–Crippen LogP) is 1.38. The van der Waals surface area contributed by atoms with E-state index >= 15 is 0 Å². The smallest absolute Gasteiger partial charge is 0.317 e. The summed E-state index contributed by atoms with van der Waals surface area (Å²) in [6.07, 6.45) is -0.511. The minimum Gasteiger partial charge on any atom is -0.481 e. The second-order valence-electron chi connectivity index (χ2n) is 5.18. The van der Waals surface area contributed by atoms with Crippen molar-refractivity contribution in [3.63, 3.8) is 0 Å². The van der Waals surface area contributed by atoms with Crippen LogP contribution in [-0.2, 0) is 16.1 Å². The van der Waals surface area contributed by atoms with Gasteiger partial charge >= 0.3 is 12.0 Å². The zero-order valence-corrected chi connectivity index (χ0v) is 12.0. The van der Waals surface area contributed by atoms with E-state index in [1.54, 1.807) is 4.90 Å². The number of amides is 2. The van der Waals surface area contributed by atoms with Gasteiger partial charge in [0.05, 0.1) is 19.1 Å². The van der Waals surface area contributed by atoms with E-state index in [9.17, 15) is 9.59 Å². The molecule has 0 radical (unpaired) electrons. The lowest BCUT2D eigenvalue weighted by molar-refractivity contribution is -0.141. The van der Waals surface area contributed by atoms with Crippen LogP contribution in [0.4, 0.5) is 4.79 Å². The maximum atomic E-state index is 12.1. The third-order valence-corrected chi connectivity index (χ3v) is 3.39. The van der Waals surface area contributed by atoms with Crippen LogP contribution in [0.5, 0.6) is 0 Å². The number of aliphatic carboxylic acids is 1. The van der Waals surface area contributed by atoms with E-state index in [2.05, 4.69) is 5.32 Å². The molecule has 21 heavy (non-hydrogen) atoms. The highest BCUT2D eigenvalue weighted by Crippen LogP contribution is 2.09. The summed E-state index contributed by atoms with van der Waals surface area (Å²) in [6, 6.07) is 7.76. The summed E-state index contributed by atoms with van der Waals surface area (Å²) in [4.78, 5) is 24.4. The van der Waals surface area contributed by atoms with Crippen molar-refractivity contribution in [1.82, 2.24) is 10.2 Å². The number of carboxylic acids is 1. The third kappa shape index (κ3) is 4.75. The van der Waals surface area contributed by atoms with E-state index in [0.717, 1.165) is 5.56 Å². The number of carbonyl (C=O) groups is 2. The molecule has 1 saturated heterocycles. The van der Waals surface area contributed by atoms with E-state index in [-0.39, 0.29) is 12.5 Å². The highest BCUT2D eigenvalue weighted by atomic mass is 16.5. The lowest BCUT2D eigenvalue weighted by Gasteiger charge is -2.32. The molecule has 1 aliphatic rings. The fourth-order valence-electron chi connectivity index (χ4n) is 2.22. The number of carbonyl (C=O) groups excluding carboxylic acids is 1. The van der Waals surface area contributed by atoms with Gasteiger partial charge in [-0.3, -0.25) is 4.79 Å². The molecule has 2 rings (SSSR count). The Bertz CT molecular complexity index is 501. The molecule has 1 heterocycles. The summed E-state index contributed by atoms with van der Waals surface area (Å²) in [5.41, 5.74) is 2.21. The molecule has 0 bridgehead atoms. The second kappa shape index (κ2) is 7.08. The number of morpholine rings is 1. The van der Waals surface area contributed by atoms with Crippen LogP contribution in [0.1, 0.15) is 17.5 Å². The number of carboxylic acid groups (broad SMARTS) is 1. The van der Waals surface area contributed by atoms with Crippen molar-refractivity contribution in [2.24, 2.45) is 0 Å². The number of hydrogen-bond acceptors (Lipinski definition) is 3. The van der Waals surface area contributed by atoms with E-state index in [1.165, 1.54) is 5.56 Å². The Morgan fingerprint density at radius 2 is 2.10 bits per heavy atom. The second-order valence-corrected chi connectivity index (χ2v) is 5.18. The van der Waals surface area contributed by atoms with Crippen molar-refractivity contribution in [1.29, 1.82) is 0 Å². The van der Waals surface area contributed by atoms with Gasteiger partial charge in [0.15, 0.2) is 0 Å². The Balaban J connectivity index is 1.82. The molecule has 2 amide bonds. The molecule has 1 aliphatic heterocycles. The van der Waals surface area contributed by atoms with Gasteiger partial charge in [0, 0.05) is 19.6 Å². The van der Waals surface area contributed by atoms with Gasteiger partial charge < -0.3 is 20.1 Å². The molecule has 1 unspecified atom stereocenters. The summed E-state index contributed by atoms with van der Waals surface area (Å²) < 4.78 is 5.34. The van der Waals surface area contributed by atoms with Gasteiger partial charge in [-0.1, -0.05) is 29.8 Å². The molecule has 0 aliphatic carbocycles. The topological polar surface area (TPSA) is 78.9 Å². The van der Waals surface area contributed by atoms with E-state index in [4.69, 9.17) is 9.84 Å². The molecule has 0 spiro atoms. The minimum absolute atomic E-state index is 0.0816. The van der Waals surface area contributed by atoms with Crippen molar-refractivity contribution in [3.8, 4) is 0 Å². The van der Waals surface area contributed by atoms with Gasteiger partial charge in [0.2, 0.25) is 0 Å². The van der Waals surface area contributed by atoms with Gasteiger partial charge in [-0.2, -0.15) is 0 Å². The number of rotatable bonds is 4. The SMILES string of the molecule is Cc1ccc(CNC(=O)N2CCOC(CC(=O)O)C2)cc1. The average molecular weight is 292 g/mol. The molecular weight excluding hydrogens is 272 g/mol. The molecular formula is C15H20N2O4. The molecule has 2 N–H and O–H groups in total. The van der Waals surface area contributed by atoms with Crippen LogP contribution in [0.3, 0.4) is 0 Å². The molecule has 1 aromatic carbocycles. The molecule has 0 aromatic heterocycles. The highest BCUT2D eigenvalue weighted by molar-refractivity contribution is 5.74. The van der Waals surface area contributed by atoms with Gasteiger partial charge in [-0.25, -0.2) is 4.79 Å². The van der Waals surface area contributed by atoms with Crippen LogP contribution in [0, 0.1) is 6.92 Å². The fourth-order valence-corrected chi connectivity index (χ4v) is 2.22. The number of hydrogen-bond donors (Lipinski definition) is 2. The van der Waals surface area contributed by atoms with Crippen molar-refractivity contribution < 1.29 is 19.4 Å². The summed E-state index contributed by atoms with van der Waals surface area (Å²) in [7, 11) is 0. The number of nitrogens with zero attached hydrogens (tertiary/aromatic N) is 1. The minimum atomic E-state index is -0.915. The van der Waals surface area contributed by atoms with Crippen LogP contribution in [0.15, 0.2) is 24.3 Å². The van der Waals surface area contributed by atoms with E-state index < -0.39 is 12.1 Å². The zero-order valence-electron chi connectivity index (χ0n) is 12.0. The van der Waals surface area contributed by atoms with Crippen LogP contribution in [-0.4, -0.2) is 47.8 Å². The maximum absolute atomic E-state index is 12.1. The average Bonchev–Trinajstić information content (AvgIpc) is 2.46. The Kier molecular flexibility index (Phi) is 5.16. The number of urea groups is 1. The maximum Gasteiger partial charge on any atom is 0.317 e.